The number of carbonyl (C=O) groups excluding carboxylic acids is 1. The number of benzene rings is 1. The normalized spacial score (nSPS) is 11.4. The number of hydrogen-bond acceptors (Lipinski definition) is 3. The first-order chi connectivity index (χ1) is 8.48. The van der Waals surface area contributed by atoms with Gasteiger partial charge in [-0.15, -0.1) is 0 Å². The van der Waals surface area contributed by atoms with Crippen molar-refractivity contribution >= 4 is 5.91 Å². The molecule has 0 aliphatic heterocycles. The molecule has 1 rings (SSSR count). The van der Waals surface area contributed by atoms with Gasteiger partial charge in [-0.1, -0.05) is 6.92 Å². The molecule has 0 aromatic heterocycles. The van der Waals surface area contributed by atoms with Crippen molar-refractivity contribution in [3.05, 3.63) is 35.4 Å². The lowest BCUT2D eigenvalue weighted by molar-refractivity contribution is 0.0652. The molecular weight excluding hydrogens is 244 g/mol. The fourth-order valence-electron chi connectivity index (χ4n) is 1.39. The van der Waals surface area contributed by atoms with Crippen molar-refractivity contribution in [3.8, 4) is 0 Å². The topological polar surface area (TPSA) is 69.6 Å². The second-order valence-electron chi connectivity index (χ2n) is 4.03. The number of nitrogens with one attached hydrogen (secondary N) is 1. The van der Waals surface area contributed by atoms with Crippen LogP contribution in [0.4, 0.5) is 8.78 Å². The molecule has 18 heavy (non-hydrogen) atoms. The third-order valence-electron chi connectivity index (χ3n) is 2.84. The molecule has 3 N–H and O–H groups in total. The van der Waals surface area contributed by atoms with Gasteiger partial charge in [-0.25, -0.2) is 8.78 Å². The Morgan fingerprint density at radius 1 is 1.28 bits per heavy atom. The maximum Gasteiger partial charge on any atom is 0.251 e. The molecule has 1 aromatic rings. The van der Waals surface area contributed by atoms with Gasteiger partial charge in [0, 0.05) is 5.56 Å². The van der Waals surface area contributed by atoms with E-state index in [0.717, 1.165) is 18.2 Å². The SMILES string of the molecule is CCC(CO)(CO)NC(=O)c1ccc(F)c(F)c1. The summed E-state index contributed by atoms with van der Waals surface area (Å²) in [6, 6.07) is 2.73. The zero-order valence-electron chi connectivity index (χ0n) is 9.91. The lowest BCUT2D eigenvalue weighted by Crippen LogP contribution is -2.53. The minimum atomic E-state index is -1.16. The van der Waals surface area contributed by atoms with Crippen LogP contribution in [0.2, 0.25) is 0 Å². The molecule has 0 atom stereocenters. The Labute approximate surface area is 103 Å². The van der Waals surface area contributed by atoms with Crippen LogP contribution in [0.5, 0.6) is 0 Å². The monoisotopic (exact) mass is 259 g/mol. The quantitative estimate of drug-likeness (QED) is 0.733. The van der Waals surface area contributed by atoms with Crippen molar-refractivity contribution in [3.63, 3.8) is 0 Å². The number of carbonyl (C=O) groups is 1. The summed E-state index contributed by atoms with van der Waals surface area (Å²) in [5.74, 6) is -2.85. The fraction of sp³-hybridized carbons (Fsp3) is 0.417. The highest BCUT2D eigenvalue weighted by molar-refractivity contribution is 5.94. The first-order valence-corrected chi connectivity index (χ1v) is 5.47. The van der Waals surface area contributed by atoms with Crippen molar-refractivity contribution < 1.29 is 23.8 Å². The predicted octanol–water partition coefficient (Wildman–Crippen LogP) is 0.828. The van der Waals surface area contributed by atoms with Gasteiger partial charge in [0.15, 0.2) is 11.6 Å². The highest BCUT2D eigenvalue weighted by atomic mass is 19.2. The second kappa shape index (κ2) is 5.88. The first-order valence-electron chi connectivity index (χ1n) is 5.47. The van der Waals surface area contributed by atoms with E-state index in [4.69, 9.17) is 10.2 Å². The van der Waals surface area contributed by atoms with Crippen LogP contribution in [-0.4, -0.2) is 34.9 Å². The average molecular weight is 259 g/mol. The van der Waals surface area contributed by atoms with E-state index in [-0.39, 0.29) is 5.56 Å². The van der Waals surface area contributed by atoms with Crippen LogP contribution in [-0.2, 0) is 0 Å². The van der Waals surface area contributed by atoms with E-state index >= 15 is 0 Å². The van der Waals surface area contributed by atoms with E-state index in [1.807, 2.05) is 0 Å². The van der Waals surface area contributed by atoms with Crippen LogP contribution < -0.4 is 5.32 Å². The third kappa shape index (κ3) is 3.02. The van der Waals surface area contributed by atoms with E-state index in [0.29, 0.717) is 6.42 Å². The van der Waals surface area contributed by atoms with Crippen molar-refractivity contribution in [2.24, 2.45) is 0 Å². The van der Waals surface area contributed by atoms with Crippen LogP contribution >= 0.6 is 0 Å². The summed E-state index contributed by atoms with van der Waals surface area (Å²) in [6.07, 6.45) is 0.301. The van der Waals surface area contributed by atoms with Gasteiger partial charge in [0.1, 0.15) is 0 Å². The largest absolute Gasteiger partial charge is 0.394 e. The van der Waals surface area contributed by atoms with Crippen molar-refractivity contribution in [1.29, 1.82) is 0 Å². The summed E-state index contributed by atoms with van der Waals surface area (Å²) in [6.45, 7) is 0.781. The molecular formula is C12H15F2NO3. The van der Waals surface area contributed by atoms with Gasteiger partial charge < -0.3 is 15.5 Å². The molecule has 0 saturated carbocycles. The van der Waals surface area contributed by atoms with Crippen molar-refractivity contribution in [2.45, 2.75) is 18.9 Å². The molecule has 6 heteroatoms. The van der Waals surface area contributed by atoms with E-state index in [1.54, 1.807) is 6.92 Å². The Morgan fingerprint density at radius 2 is 1.89 bits per heavy atom. The molecule has 0 aliphatic carbocycles. The molecule has 1 aromatic carbocycles. The molecule has 0 spiro atoms. The number of hydrogen-bond donors (Lipinski definition) is 3. The lowest BCUT2D eigenvalue weighted by Gasteiger charge is -2.29. The highest BCUT2D eigenvalue weighted by Crippen LogP contribution is 2.12. The number of aliphatic hydroxyl groups is 2. The maximum absolute atomic E-state index is 13.0. The summed E-state index contributed by atoms with van der Waals surface area (Å²) >= 11 is 0. The third-order valence-corrected chi connectivity index (χ3v) is 2.84. The standard InChI is InChI=1S/C12H15F2NO3/c1-2-12(6-16,7-17)15-11(18)8-3-4-9(13)10(14)5-8/h3-5,16-17H,2,6-7H2,1H3,(H,15,18). The molecule has 0 aliphatic rings. The van der Waals surface area contributed by atoms with E-state index in [2.05, 4.69) is 5.32 Å². The van der Waals surface area contributed by atoms with Crippen molar-refractivity contribution in [1.82, 2.24) is 5.32 Å². The van der Waals surface area contributed by atoms with Gasteiger partial charge in [-0.3, -0.25) is 4.79 Å². The van der Waals surface area contributed by atoms with Crippen LogP contribution in [0.15, 0.2) is 18.2 Å². The summed E-state index contributed by atoms with van der Waals surface area (Å²) in [5.41, 5.74) is -1.24. The summed E-state index contributed by atoms with van der Waals surface area (Å²) in [5, 5.41) is 20.7. The summed E-state index contributed by atoms with van der Waals surface area (Å²) in [4.78, 5) is 11.8. The van der Waals surface area contributed by atoms with Gasteiger partial charge in [-0.05, 0) is 24.6 Å². The Hall–Kier alpha value is -1.53. The Kier molecular flexibility index (Phi) is 4.75. The lowest BCUT2D eigenvalue weighted by atomic mass is 9.98. The van der Waals surface area contributed by atoms with Crippen LogP contribution in [0.1, 0.15) is 23.7 Å². The summed E-state index contributed by atoms with van der Waals surface area (Å²) < 4.78 is 25.7. The van der Waals surface area contributed by atoms with Gasteiger partial charge in [0.05, 0.1) is 18.8 Å². The fourth-order valence-corrected chi connectivity index (χ4v) is 1.39. The minimum Gasteiger partial charge on any atom is -0.394 e. The Morgan fingerprint density at radius 3 is 2.33 bits per heavy atom. The minimum absolute atomic E-state index is 0.0753. The zero-order valence-corrected chi connectivity index (χ0v) is 9.91. The predicted molar refractivity (Wildman–Crippen MR) is 61.0 cm³/mol. The first kappa shape index (κ1) is 14.5. The van der Waals surface area contributed by atoms with Crippen LogP contribution in [0.25, 0.3) is 0 Å². The Bertz CT molecular complexity index is 425. The van der Waals surface area contributed by atoms with Gasteiger partial charge >= 0.3 is 0 Å². The number of amides is 1. The van der Waals surface area contributed by atoms with Crippen LogP contribution in [0, 0.1) is 11.6 Å². The van der Waals surface area contributed by atoms with Crippen molar-refractivity contribution in [2.75, 3.05) is 13.2 Å². The van der Waals surface area contributed by atoms with E-state index in [9.17, 15) is 13.6 Å². The Balaban J connectivity index is 2.90. The number of halogens is 2. The number of aliphatic hydroxyl groups excluding tert-OH is 2. The second-order valence-corrected chi connectivity index (χ2v) is 4.03. The molecule has 0 radical (unpaired) electrons. The van der Waals surface area contributed by atoms with Gasteiger partial charge in [0.2, 0.25) is 0 Å². The summed E-state index contributed by atoms with van der Waals surface area (Å²) in [7, 11) is 0. The molecule has 0 bridgehead atoms. The molecule has 0 fully saturated rings. The molecule has 0 heterocycles. The molecule has 0 saturated heterocycles. The molecule has 4 nitrogen and oxygen atoms in total. The zero-order chi connectivity index (χ0) is 13.8. The van der Waals surface area contributed by atoms with E-state index < -0.39 is 36.3 Å². The maximum atomic E-state index is 13.0. The van der Waals surface area contributed by atoms with E-state index in [1.165, 1.54) is 0 Å². The molecule has 100 valence electrons. The number of rotatable bonds is 5. The van der Waals surface area contributed by atoms with Crippen LogP contribution in [0.3, 0.4) is 0 Å². The average Bonchev–Trinajstić information content (AvgIpc) is 2.39. The molecule has 1 amide bonds. The van der Waals surface area contributed by atoms with Gasteiger partial charge in [0.25, 0.3) is 5.91 Å². The molecule has 0 unspecified atom stereocenters. The van der Waals surface area contributed by atoms with Gasteiger partial charge in [-0.2, -0.15) is 0 Å². The smallest absolute Gasteiger partial charge is 0.251 e. The highest BCUT2D eigenvalue weighted by Gasteiger charge is 2.29.